The van der Waals surface area contributed by atoms with Crippen molar-refractivity contribution in [3.05, 3.63) is 36.5 Å². The molecule has 0 spiro atoms. The number of unbranched alkanes of at least 4 members (excludes halogenated alkanes) is 37. The number of hydrogen-bond acceptors (Lipinski definition) is 5. The number of rotatable bonds is 54. The van der Waals surface area contributed by atoms with E-state index >= 15 is 0 Å². The Balaban J connectivity index is 4.18. The molecule has 0 aliphatic heterocycles. The first-order chi connectivity index (χ1) is 33.0. The van der Waals surface area contributed by atoms with Gasteiger partial charge in [-0.15, -0.1) is 0 Å². The summed E-state index contributed by atoms with van der Waals surface area (Å²) >= 11 is 0. The lowest BCUT2D eigenvalue weighted by atomic mass is 10.0. The Bertz CT molecular complexity index is 1200. The van der Waals surface area contributed by atoms with Crippen LogP contribution in [0.4, 0.5) is 0 Å². The minimum absolute atomic E-state index is 0.0574. The fourth-order valence-electron chi connectivity index (χ4n) is 8.70. The van der Waals surface area contributed by atoms with Crippen molar-refractivity contribution in [3.63, 3.8) is 0 Å². The summed E-state index contributed by atoms with van der Waals surface area (Å²) in [6.07, 6.45) is 65.4. The quantitative estimate of drug-likeness (QED) is 0.0243. The zero-order valence-electron chi connectivity index (χ0n) is 45.9. The lowest BCUT2D eigenvalue weighted by molar-refractivity contribution is -0.870. The highest BCUT2D eigenvalue weighted by molar-refractivity contribution is 7.47. The highest BCUT2D eigenvalue weighted by atomic mass is 31.2. The number of nitrogens with zero attached hydrogens (tertiary/aromatic N) is 1. The monoisotopic (exact) mass is 980 g/mol. The molecule has 1 amide bonds. The number of phosphoric ester groups is 1. The molecule has 0 aliphatic rings. The van der Waals surface area contributed by atoms with Crippen molar-refractivity contribution in [3.8, 4) is 0 Å². The maximum Gasteiger partial charge on any atom is 0.472 e. The molecule has 0 saturated carbocycles. The van der Waals surface area contributed by atoms with E-state index in [9.17, 15) is 19.4 Å². The summed E-state index contributed by atoms with van der Waals surface area (Å²) in [4.78, 5) is 23.3. The van der Waals surface area contributed by atoms with E-state index in [4.69, 9.17) is 9.05 Å². The van der Waals surface area contributed by atoms with Crippen LogP contribution < -0.4 is 5.32 Å². The van der Waals surface area contributed by atoms with Gasteiger partial charge in [-0.2, -0.15) is 0 Å². The van der Waals surface area contributed by atoms with Crippen LogP contribution in [-0.2, 0) is 18.4 Å². The molecule has 0 rings (SSSR count). The Labute approximate surface area is 423 Å². The topological polar surface area (TPSA) is 105 Å². The van der Waals surface area contributed by atoms with Gasteiger partial charge in [0.2, 0.25) is 5.91 Å². The fourth-order valence-corrected chi connectivity index (χ4v) is 9.44. The van der Waals surface area contributed by atoms with Gasteiger partial charge in [-0.05, 0) is 57.8 Å². The number of carbonyl (C=O) groups is 1. The number of phosphoric acid groups is 1. The first-order valence-corrected chi connectivity index (χ1v) is 30.9. The number of aliphatic hydroxyl groups is 1. The molecule has 0 saturated heterocycles. The van der Waals surface area contributed by atoms with E-state index < -0.39 is 20.0 Å². The molecular weight excluding hydrogens is 864 g/mol. The summed E-state index contributed by atoms with van der Waals surface area (Å²) in [7, 11) is 1.56. The van der Waals surface area contributed by atoms with Gasteiger partial charge in [0.05, 0.1) is 39.9 Å². The van der Waals surface area contributed by atoms with Crippen molar-refractivity contribution in [1.82, 2.24) is 5.32 Å². The van der Waals surface area contributed by atoms with Crippen LogP contribution in [0.3, 0.4) is 0 Å². The zero-order chi connectivity index (χ0) is 49.9. The third kappa shape index (κ3) is 52.5. The van der Waals surface area contributed by atoms with E-state index in [1.54, 1.807) is 6.08 Å². The Morgan fingerprint density at radius 2 is 0.809 bits per heavy atom. The van der Waals surface area contributed by atoms with E-state index in [2.05, 4.69) is 43.5 Å². The highest BCUT2D eigenvalue weighted by Crippen LogP contribution is 2.43. The molecule has 0 heterocycles. The molecule has 402 valence electrons. The van der Waals surface area contributed by atoms with Crippen LogP contribution in [0.5, 0.6) is 0 Å². The molecule has 3 unspecified atom stereocenters. The van der Waals surface area contributed by atoms with Crippen molar-refractivity contribution < 1.29 is 32.9 Å². The first kappa shape index (κ1) is 66.7. The number of carbonyl (C=O) groups excluding carboxylic acids is 1. The molecule has 9 heteroatoms. The van der Waals surface area contributed by atoms with Crippen LogP contribution in [0.2, 0.25) is 0 Å². The normalized spacial score (nSPS) is 14.2. The second-order valence-electron chi connectivity index (χ2n) is 21.4. The third-order valence-corrected chi connectivity index (χ3v) is 14.3. The van der Waals surface area contributed by atoms with Crippen LogP contribution in [0.1, 0.15) is 284 Å². The van der Waals surface area contributed by atoms with Crippen LogP contribution in [-0.4, -0.2) is 73.4 Å². The number of aliphatic hydroxyl groups excluding tert-OH is 1. The second-order valence-corrected chi connectivity index (χ2v) is 22.8. The molecule has 0 aliphatic carbocycles. The highest BCUT2D eigenvalue weighted by Gasteiger charge is 2.27. The predicted molar refractivity (Wildman–Crippen MR) is 295 cm³/mol. The average molecular weight is 981 g/mol. The maximum absolute atomic E-state index is 13.0. The molecule has 3 atom stereocenters. The van der Waals surface area contributed by atoms with E-state index in [1.165, 1.54) is 225 Å². The number of nitrogens with one attached hydrogen (secondary N) is 1. The molecule has 0 aromatic heterocycles. The smallest absolute Gasteiger partial charge is 0.387 e. The number of amides is 1. The van der Waals surface area contributed by atoms with Crippen molar-refractivity contribution in [2.75, 3.05) is 40.9 Å². The Morgan fingerprint density at radius 3 is 1.18 bits per heavy atom. The fraction of sp³-hybridized carbons (Fsp3) is 0.881. The average Bonchev–Trinajstić information content (AvgIpc) is 3.30. The summed E-state index contributed by atoms with van der Waals surface area (Å²) in [5, 5.41) is 13.9. The van der Waals surface area contributed by atoms with Gasteiger partial charge in [0.25, 0.3) is 0 Å². The summed E-state index contributed by atoms with van der Waals surface area (Å²) in [6.45, 7) is 4.83. The lowest BCUT2D eigenvalue weighted by Gasteiger charge is -2.25. The van der Waals surface area contributed by atoms with E-state index in [-0.39, 0.29) is 19.1 Å². The van der Waals surface area contributed by atoms with E-state index in [0.717, 1.165) is 38.5 Å². The van der Waals surface area contributed by atoms with Gasteiger partial charge in [0, 0.05) is 6.42 Å². The lowest BCUT2D eigenvalue weighted by Crippen LogP contribution is -2.45. The number of likely N-dealkylation sites (N-methyl/N-ethyl adjacent to an activating group) is 1. The van der Waals surface area contributed by atoms with E-state index in [1.807, 2.05) is 27.2 Å². The molecule has 0 aromatic rings. The van der Waals surface area contributed by atoms with Crippen LogP contribution in [0, 0.1) is 0 Å². The molecule has 68 heavy (non-hydrogen) atoms. The molecule has 8 nitrogen and oxygen atoms in total. The van der Waals surface area contributed by atoms with Gasteiger partial charge in [0.1, 0.15) is 13.2 Å². The number of quaternary nitrogens is 1. The third-order valence-electron chi connectivity index (χ3n) is 13.3. The van der Waals surface area contributed by atoms with Gasteiger partial charge in [-0.1, -0.05) is 256 Å². The molecule has 3 N–H and O–H groups in total. The Hall–Kier alpha value is -1.28. The summed E-state index contributed by atoms with van der Waals surface area (Å²) in [5.41, 5.74) is 0. The van der Waals surface area contributed by atoms with Gasteiger partial charge in [-0.3, -0.25) is 13.8 Å². The largest absolute Gasteiger partial charge is 0.472 e. The minimum Gasteiger partial charge on any atom is -0.387 e. The second kappa shape index (κ2) is 50.7. The van der Waals surface area contributed by atoms with E-state index in [0.29, 0.717) is 17.4 Å². The number of allylic oxidation sites excluding steroid dienone is 5. The number of hydrogen-bond donors (Lipinski definition) is 3. The molecule has 0 radical (unpaired) electrons. The van der Waals surface area contributed by atoms with Crippen LogP contribution in [0.15, 0.2) is 36.5 Å². The standard InChI is InChI=1S/C59H115N2O6P/c1-6-8-10-12-14-16-18-20-22-24-26-27-28-29-30-31-32-33-35-37-39-41-43-45-47-49-51-53-59(63)60-57(56-67-68(64,65)66-55-54-61(3,4)5)58(62)52-50-48-46-44-42-40-38-36-34-25-23-21-19-17-15-13-11-9-7-2/h24,26,42,44,50,52,57-58,62H,6-23,25,27-41,43,45-49,51,53-56H2,1-5H3,(H-,60,63,64,65)/p+1/b26-24-,44-42+,52-50+. The van der Waals surface area contributed by atoms with Crippen molar-refractivity contribution in [2.45, 2.75) is 296 Å². The summed E-state index contributed by atoms with van der Waals surface area (Å²) in [5.74, 6) is -0.183. The van der Waals surface area contributed by atoms with Gasteiger partial charge in [-0.25, -0.2) is 4.57 Å². The van der Waals surface area contributed by atoms with Crippen LogP contribution >= 0.6 is 7.82 Å². The van der Waals surface area contributed by atoms with Gasteiger partial charge >= 0.3 is 7.82 Å². The summed E-state index contributed by atoms with van der Waals surface area (Å²) in [6, 6.07) is -0.862. The predicted octanol–water partition coefficient (Wildman–Crippen LogP) is 17.8. The van der Waals surface area contributed by atoms with Crippen molar-refractivity contribution in [1.29, 1.82) is 0 Å². The molecular formula is C59H116N2O6P+. The molecule has 0 bridgehead atoms. The first-order valence-electron chi connectivity index (χ1n) is 29.4. The van der Waals surface area contributed by atoms with Gasteiger partial charge in [0.15, 0.2) is 0 Å². The van der Waals surface area contributed by atoms with Crippen molar-refractivity contribution in [2.24, 2.45) is 0 Å². The molecule has 0 aromatic carbocycles. The van der Waals surface area contributed by atoms with Gasteiger partial charge < -0.3 is 19.8 Å². The Morgan fingerprint density at radius 1 is 0.485 bits per heavy atom. The molecule has 0 fully saturated rings. The maximum atomic E-state index is 13.0. The summed E-state index contributed by atoms with van der Waals surface area (Å²) < 4.78 is 23.7. The SMILES string of the molecule is CCCCCCCCCC/C=C\CCCCCCCCCCCCCCCCCC(=O)NC(COP(=O)(O)OCC[N+](C)(C)C)C(O)/C=C/CC/C=C/CCCCCCCCCCCCCCC. The minimum atomic E-state index is -4.35. The zero-order valence-corrected chi connectivity index (χ0v) is 46.8. The Kier molecular flexibility index (Phi) is 49.7. The van der Waals surface area contributed by atoms with Crippen LogP contribution in [0.25, 0.3) is 0 Å². The van der Waals surface area contributed by atoms with Crippen molar-refractivity contribution >= 4 is 13.7 Å².